The fourth-order valence-electron chi connectivity index (χ4n) is 4.78. The molecule has 7 nitrogen and oxygen atoms in total. The Morgan fingerprint density at radius 1 is 0.947 bits per heavy atom. The van der Waals surface area contributed by atoms with Gasteiger partial charge >= 0.3 is 0 Å². The quantitative estimate of drug-likeness (QED) is 0.340. The smallest absolute Gasteiger partial charge is 0.280 e. The molecule has 2 N–H and O–H groups in total. The van der Waals surface area contributed by atoms with Crippen molar-refractivity contribution in [2.75, 3.05) is 0 Å². The molecule has 1 atom stereocenters. The van der Waals surface area contributed by atoms with Crippen LogP contribution < -0.4 is 11.0 Å². The van der Waals surface area contributed by atoms with Gasteiger partial charge in [0.25, 0.3) is 12.0 Å². The average Bonchev–Trinajstić information content (AvgIpc) is 3.38. The van der Waals surface area contributed by atoms with Gasteiger partial charge in [0.15, 0.2) is 5.84 Å². The molecule has 0 spiro atoms. The molecule has 0 radical (unpaired) electrons. The van der Waals surface area contributed by atoms with Crippen LogP contribution in [0, 0.1) is 6.92 Å². The number of aliphatic hydroxyl groups excluding tert-OH is 1. The second-order valence-corrected chi connectivity index (χ2v) is 9.51. The van der Waals surface area contributed by atoms with Gasteiger partial charge in [-0.2, -0.15) is 0 Å². The number of benzene rings is 3. The summed E-state index contributed by atoms with van der Waals surface area (Å²) in [6.07, 6.45) is 2.15. The third-order valence-electron chi connectivity index (χ3n) is 6.82. The zero-order chi connectivity index (χ0) is 26.5. The van der Waals surface area contributed by atoms with Crippen LogP contribution in [0.15, 0.2) is 88.6 Å². The molecule has 0 saturated heterocycles. The predicted molar refractivity (Wildman–Crippen MR) is 149 cm³/mol. The lowest BCUT2D eigenvalue weighted by atomic mass is 9.96. The van der Waals surface area contributed by atoms with E-state index in [0.29, 0.717) is 18.8 Å². The number of aryl methyl sites for hydroxylation is 2. The monoisotopic (exact) mass is 508 g/mol. The summed E-state index contributed by atoms with van der Waals surface area (Å²) < 4.78 is 1.79. The topological polar surface area (TPSA) is 88.7 Å². The van der Waals surface area contributed by atoms with Crippen LogP contribution in [0.4, 0.5) is 0 Å². The number of amidine groups is 1. The maximum Gasteiger partial charge on any atom is 0.280 e. The fraction of sp³-hybridized carbons (Fsp3) is 0.258. The predicted octanol–water partition coefficient (Wildman–Crippen LogP) is 4.76. The number of aromatic nitrogens is 2. The van der Waals surface area contributed by atoms with Gasteiger partial charge in [0.1, 0.15) is 5.82 Å². The molecule has 0 amide bonds. The molecule has 1 unspecified atom stereocenters. The molecule has 38 heavy (non-hydrogen) atoms. The Hall–Kier alpha value is -4.07. The Kier molecular flexibility index (Phi) is 7.77. The van der Waals surface area contributed by atoms with Gasteiger partial charge in [-0.15, -0.1) is 0 Å². The van der Waals surface area contributed by atoms with E-state index in [1.54, 1.807) is 4.57 Å². The van der Waals surface area contributed by atoms with E-state index in [1.165, 1.54) is 0 Å². The molecule has 1 aliphatic rings. The molecule has 1 aromatic heterocycles. The third-order valence-corrected chi connectivity index (χ3v) is 6.82. The summed E-state index contributed by atoms with van der Waals surface area (Å²) in [5.74, 6) is 1.24. The summed E-state index contributed by atoms with van der Waals surface area (Å²) in [5.41, 5.74) is 9.33. The Balaban J connectivity index is 1.46. The number of nitrogens with one attached hydrogen (secondary N) is 1. The van der Waals surface area contributed by atoms with Gasteiger partial charge < -0.3 is 5.11 Å². The van der Waals surface area contributed by atoms with E-state index in [0.717, 1.165) is 64.2 Å². The van der Waals surface area contributed by atoms with Gasteiger partial charge in [-0.3, -0.25) is 9.36 Å². The van der Waals surface area contributed by atoms with E-state index in [4.69, 9.17) is 9.82 Å². The maximum absolute atomic E-state index is 13.8. The lowest BCUT2D eigenvalue weighted by Gasteiger charge is -2.16. The van der Waals surface area contributed by atoms with Crippen LogP contribution in [0.5, 0.6) is 0 Å². The Morgan fingerprint density at radius 3 is 2.34 bits per heavy atom. The van der Waals surface area contributed by atoms with Crippen molar-refractivity contribution in [1.82, 2.24) is 15.0 Å². The number of hydrogen-bond acceptors (Lipinski definition) is 6. The number of unbranched alkanes of at least 4 members (excludes halogenated alkanes) is 1. The van der Waals surface area contributed by atoms with Crippen LogP contribution >= 0.6 is 0 Å². The fourth-order valence-corrected chi connectivity index (χ4v) is 4.78. The van der Waals surface area contributed by atoms with Gasteiger partial charge in [-0.05, 0) is 42.0 Å². The molecule has 194 valence electrons. The minimum atomic E-state index is -1.21. The Labute approximate surface area is 222 Å². The van der Waals surface area contributed by atoms with E-state index in [9.17, 15) is 9.90 Å². The number of aliphatic imine (C=N–C) groups is 1. The highest BCUT2D eigenvalue weighted by atomic mass is 16.7. The minimum Gasteiger partial charge on any atom is -0.348 e. The highest BCUT2D eigenvalue weighted by Gasteiger charge is 2.20. The normalized spacial score (nSPS) is 14.8. The van der Waals surface area contributed by atoms with Crippen LogP contribution in [-0.2, 0) is 24.2 Å². The first-order valence-electron chi connectivity index (χ1n) is 13.0. The van der Waals surface area contributed by atoms with Crippen molar-refractivity contribution >= 4 is 5.84 Å². The maximum atomic E-state index is 13.8. The van der Waals surface area contributed by atoms with Crippen molar-refractivity contribution in [1.29, 1.82) is 0 Å². The van der Waals surface area contributed by atoms with Crippen LogP contribution in [0.3, 0.4) is 0 Å². The van der Waals surface area contributed by atoms with Gasteiger partial charge in [0, 0.05) is 17.5 Å². The summed E-state index contributed by atoms with van der Waals surface area (Å²) >= 11 is 0. The molecule has 2 heterocycles. The number of aliphatic hydroxyl groups is 1. The van der Waals surface area contributed by atoms with Gasteiger partial charge in [-0.1, -0.05) is 92.2 Å². The van der Waals surface area contributed by atoms with Crippen molar-refractivity contribution in [2.24, 2.45) is 4.99 Å². The zero-order valence-corrected chi connectivity index (χ0v) is 21.7. The number of hydrogen-bond donors (Lipinski definition) is 2. The first-order valence-corrected chi connectivity index (χ1v) is 13.0. The highest BCUT2D eigenvalue weighted by Crippen LogP contribution is 2.26. The summed E-state index contributed by atoms with van der Waals surface area (Å²) in [6.45, 7) is 4.58. The molecule has 7 heteroatoms. The SMILES string of the molecule is CCCCc1nc(C)n(Cc2ccccc2)c(=O)c1Cc1ccc(-c2ccccc2C2=NC(O)ON2)cc1. The third kappa shape index (κ3) is 5.59. The standard InChI is InChI=1S/C31H32N4O3/c1-3-4-14-28-27(30(36)35(21(2)32-28)20-23-10-6-5-7-11-23)19-22-15-17-24(18-16-22)25-12-8-9-13-26(25)29-33-31(37)38-34-29/h5-13,15-18,31,37H,3-4,14,19-20H2,1-2H3,(H,33,34). The number of nitrogens with zero attached hydrogens (tertiary/aromatic N) is 3. The molecule has 0 fully saturated rings. The Bertz CT molecular complexity index is 1490. The molecule has 4 aromatic rings. The van der Waals surface area contributed by atoms with Crippen LogP contribution in [-0.4, -0.2) is 26.9 Å². The molecule has 0 aliphatic carbocycles. The van der Waals surface area contributed by atoms with Crippen molar-refractivity contribution < 1.29 is 9.94 Å². The van der Waals surface area contributed by atoms with Crippen LogP contribution in [0.1, 0.15) is 53.5 Å². The summed E-state index contributed by atoms with van der Waals surface area (Å²) in [6, 6.07) is 26.1. The first-order chi connectivity index (χ1) is 18.5. The number of rotatable bonds is 9. The largest absolute Gasteiger partial charge is 0.348 e. The Morgan fingerprint density at radius 2 is 1.66 bits per heavy atom. The van der Waals surface area contributed by atoms with E-state index in [2.05, 4.69) is 41.7 Å². The minimum absolute atomic E-state index is 0.0331. The van der Waals surface area contributed by atoms with Gasteiger partial charge in [-0.25, -0.2) is 20.3 Å². The molecule has 5 rings (SSSR count). The second-order valence-electron chi connectivity index (χ2n) is 9.51. The van der Waals surface area contributed by atoms with Crippen molar-refractivity contribution in [3.63, 3.8) is 0 Å². The summed E-state index contributed by atoms with van der Waals surface area (Å²) in [7, 11) is 0. The first kappa shape index (κ1) is 25.6. The van der Waals surface area contributed by atoms with Crippen LogP contribution in [0.2, 0.25) is 0 Å². The molecule has 0 saturated carbocycles. The van der Waals surface area contributed by atoms with Gasteiger partial charge in [0.2, 0.25) is 0 Å². The molecule has 1 aliphatic heterocycles. The van der Waals surface area contributed by atoms with Crippen molar-refractivity contribution in [2.45, 2.75) is 52.5 Å². The van der Waals surface area contributed by atoms with E-state index in [1.807, 2.05) is 61.5 Å². The summed E-state index contributed by atoms with van der Waals surface area (Å²) in [5, 5.41) is 9.61. The molecule has 3 aromatic carbocycles. The lowest BCUT2D eigenvalue weighted by molar-refractivity contribution is -0.102. The number of hydroxylamine groups is 1. The second kappa shape index (κ2) is 11.5. The lowest BCUT2D eigenvalue weighted by Crippen LogP contribution is -2.30. The van der Waals surface area contributed by atoms with E-state index < -0.39 is 6.41 Å². The average molecular weight is 509 g/mol. The van der Waals surface area contributed by atoms with Gasteiger partial charge in [0.05, 0.1) is 12.2 Å². The molecule has 0 bridgehead atoms. The summed E-state index contributed by atoms with van der Waals surface area (Å²) in [4.78, 5) is 27.7. The zero-order valence-electron chi connectivity index (χ0n) is 21.7. The van der Waals surface area contributed by atoms with E-state index >= 15 is 0 Å². The van der Waals surface area contributed by atoms with Crippen molar-refractivity contribution in [3.8, 4) is 11.1 Å². The van der Waals surface area contributed by atoms with E-state index in [-0.39, 0.29) is 5.56 Å². The highest BCUT2D eigenvalue weighted by molar-refractivity contribution is 6.04. The molecular formula is C31H32N4O3. The van der Waals surface area contributed by atoms with Crippen molar-refractivity contribution in [3.05, 3.63) is 123 Å². The van der Waals surface area contributed by atoms with Crippen LogP contribution in [0.25, 0.3) is 11.1 Å². The molecular weight excluding hydrogens is 476 g/mol.